The van der Waals surface area contributed by atoms with Crippen molar-refractivity contribution >= 4 is 17.3 Å². The van der Waals surface area contributed by atoms with Gasteiger partial charge in [-0.15, -0.1) is 0 Å². The smallest absolute Gasteiger partial charge is 0.168 e. The monoisotopic (exact) mass is 575 g/mol. The minimum atomic E-state index is -0.592. The van der Waals surface area contributed by atoms with Gasteiger partial charge in [0.05, 0.1) is 43.3 Å². The third-order valence-electron chi connectivity index (χ3n) is 7.75. The number of nitrogens with zero attached hydrogens (tertiary/aromatic N) is 6. The fourth-order valence-electron chi connectivity index (χ4n) is 5.58. The Balaban J connectivity index is 1.32. The minimum Gasteiger partial charge on any atom is -0.496 e. The number of nitrogens with one attached hydrogen (secondary N) is 1. The number of aliphatic hydroxyl groups excluding tert-OH is 2. The highest BCUT2D eigenvalue weighted by Crippen LogP contribution is 2.36. The lowest BCUT2D eigenvalue weighted by atomic mass is 10.0. The Hall–Kier alpha value is -4.13. The van der Waals surface area contributed by atoms with E-state index in [0.717, 1.165) is 62.3 Å². The largest absolute Gasteiger partial charge is 0.496 e. The van der Waals surface area contributed by atoms with E-state index in [-0.39, 0.29) is 23.7 Å². The van der Waals surface area contributed by atoms with Crippen molar-refractivity contribution in [3.8, 4) is 28.3 Å². The van der Waals surface area contributed by atoms with E-state index in [2.05, 4.69) is 36.5 Å². The molecule has 0 aliphatic carbocycles. The van der Waals surface area contributed by atoms with Crippen molar-refractivity contribution in [2.45, 2.75) is 44.4 Å². The van der Waals surface area contributed by atoms with Gasteiger partial charge in [-0.05, 0) is 49.4 Å². The highest BCUT2D eigenvalue weighted by molar-refractivity contribution is 5.80. The van der Waals surface area contributed by atoms with Crippen molar-refractivity contribution in [1.82, 2.24) is 24.7 Å². The standard InChI is InChI=1S/C30H34FN7O4/c1-41-26-12-19(18-39)11-24(31)29(26)30-32-7-4-27(36-30)35-28-13-25(37-8-2-3-22(40)17-37)23(15-33-28)20-14-34-38(16-20)21-5-9-42-10-6-21/h4,7,11-16,21-22,39-40H,2-3,5-6,8-10,17-18H2,1H3,(H,32,33,35,36)/t22-/m0/s1. The van der Waals surface area contributed by atoms with Crippen LogP contribution in [0.4, 0.5) is 21.7 Å². The molecule has 1 atom stereocenters. The second-order valence-electron chi connectivity index (χ2n) is 10.6. The average molecular weight is 576 g/mol. The molecule has 2 aliphatic rings. The highest BCUT2D eigenvalue weighted by atomic mass is 19.1. The Morgan fingerprint density at radius 3 is 2.76 bits per heavy atom. The topological polar surface area (TPSA) is 131 Å². The van der Waals surface area contributed by atoms with Gasteiger partial charge in [-0.1, -0.05) is 0 Å². The molecular formula is C30H34FN7O4. The van der Waals surface area contributed by atoms with Crippen LogP contribution >= 0.6 is 0 Å². The Kier molecular flexibility index (Phi) is 8.27. The Bertz CT molecular complexity index is 1540. The van der Waals surface area contributed by atoms with E-state index >= 15 is 4.39 Å². The van der Waals surface area contributed by atoms with Crippen molar-refractivity contribution in [3.05, 3.63) is 60.4 Å². The molecule has 0 saturated carbocycles. The normalized spacial score (nSPS) is 17.8. The lowest BCUT2D eigenvalue weighted by Gasteiger charge is -2.33. The van der Waals surface area contributed by atoms with Crippen molar-refractivity contribution in [2.75, 3.05) is 43.6 Å². The number of methoxy groups -OCH3 is 1. The molecule has 2 saturated heterocycles. The van der Waals surface area contributed by atoms with Crippen LogP contribution < -0.4 is 15.0 Å². The number of pyridine rings is 1. The fourth-order valence-corrected chi connectivity index (χ4v) is 5.58. The van der Waals surface area contributed by atoms with Crippen molar-refractivity contribution in [3.63, 3.8) is 0 Å². The molecule has 42 heavy (non-hydrogen) atoms. The van der Waals surface area contributed by atoms with E-state index in [1.54, 1.807) is 12.1 Å². The molecule has 4 aromatic rings. The third-order valence-corrected chi connectivity index (χ3v) is 7.75. The molecule has 0 radical (unpaired) electrons. The van der Waals surface area contributed by atoms with Gasteiger partial charge in [0.25, 0.3) is 0 Å². The number of hydrogen-bond acceptors (Lipinski definition) is 10. The van der Waals surface area contributed by atoms with Crippen LogP contribution in [0.15, 0.2) is 49.1 Å². The van der Waals surface area contributed by atoms with Gasteiger partial charge in [0.2, 0.25) is 0 Å². The zero-order valence-electron chi connectivity index (χ0n) is 23.4. The second-order valence-corrected chi connectivity index (χ2v) is 10.6. The van der Waals surface area contributed by atoms with Crippen molar-refractivity contribution in [1.29, 1.82) is 0 Å². The predicted molar refractivity (Wildman–Crippen MR) is 155 cm³/mol. The quantitative estimate of drug-likeness (QED) is 0.282. The van der Waals surface area contributed by atoms with Crippen molar-refractivity contribution < 1.29 is 24.1 Å². The van der Waals surface area contributed by atoms with Gasteiger partial charge in [-0.2, -0.15) is 5.10 Å². The second kappa shape index (κ2) is 12.4. The summed E-state index contributed by atoms with van der Waals surface area (Å²) < 4.78 is 27.9. The maximum Gasteiger partial charge on any atom is 0.168 e. The van der Waals surface area contributed by atoms with Gasteiger partial charge in [-0.3, -0.25) is 4.68 Å². The average Bonchev–Trinajstić information content (AvgIpc) is 3.51. The van der Waals surface area contributed by atoms with Gasteiger partial charge in [0, 0.05) is 62.1 Å². The summed E-state index contributed by atoms with van der Waals surface area (Å²) >= 11 is 0. The van der Waals surface area contributed by atoms with E-state index in [1.165, 1.54) is 19.4 Å². The van der Waals surface area contributed by atoms with Crippen LogP contribution in [-0.2, 0) is 11.3 Å². The molecule has 2 fully saturated rings. The number of piperidine rings is 1. The summed E-state index contributed by atoms with van der Waals surface area (Å²) in [4.78, 5) is 15.7. The Morgan fingerprint density at radius 1 is 1.12 bits per heavy atom. The first-order valence-electron chi connectivity index (χ1n) is 14.2. The maximum absolute atomic E-state index is 15.0. The summed E-state index contributed by atoms with van der Waals surface area (Å²) in [6.45, 7) is 2.48. The lowest BCUT2D eigenvalue weighted by molar-refractivity contribution is 0.0662. The SMILES string of the molecule is COc1cc(CO)cc(F)c1-c1nccc(Nc2cc(N3CCC[C@H](O)C3)c(-c3cnn(C4CCOCC4)c3)cn2)n1. The Morgan fingerprint density at radius 2 is 1.98 bits per heavy atom. The number of halogens is 1. The van der Waals surface area contributed by atoms with Crippen LogP contribution in [0.3, 0.4) is 0 Å². The van der Waals surface area contributed by atoms with Crippen LogP contribution in [0.25, 0.3) is 22.5 Å². The molecule has 12 heteroatoms. The van der Waals surface area contributed by atoms with E-state index in [4.69, 9.17) is 9.47 Å². The van der Waals surface area contributed by atoms with Crippen molar-refractivity contribution in [2.24, 2.45) is 0 Å². The number of β-amino-alcohol motifs (C(OH)–C–C–N with tert-alkyl or cyclic N) is 1. The summed E-state index contributed by atoms with van der Waals surface area (Å²) in [5, 5.41) is 27.8. The van der Waals surface area contributed by atoms with E-state index < -0.39 is 11.9 Å². The van der Waals surface area contributed by atoms with Crippen LogP contribution in [0.1, 0.15) is 37.3 Å². The molecule has 6 rings (SSSR count). The molecule has 0 spiro atoms. The van der Waals surface area contributed by atoms with Crippen LogP contribution in [0.5, 0.6) is 5.75 Å². The molecule has 220 valence electrons. The molecule has 11 nitrogen and oxygen atoms in total. The first kappa shape index (κ1) is 28.0. The van der Waals surface area contributed by atoms with Crippen LogP contribution in [0.2, 0.25) is 0 Å². The number of benzene rings is 1. The zero-order valence-corrected chi connectivity index (χ0v) is 23.4. The van der Waals surface area contributed by atoms with Crippen LogP contribution in [-0.4, -0.2) is 74.5 Å². The number of aliphatic hydroxyl groups is 2. The maximum atomic E-state index is 15.0. The van der Waals surface area contributed by atoms with Gasteiger partial charge < -0.3 is 29.9 Å². The molecule has 0 amide bonds. The molecule has 5 heterocycles. The van der Waals surface area contributed by atoms with Crippen LogP contribution in [0, 0.1) is 5.82 Å². The number of anilines is 3. The molecule has 1 aromatic carbocycles. The summed E-state index contributed by atoms with van der Waals surface area (Å²) in [7, 11) is 1.43. The van der Waals surface area contributed by atoms with Gasteiger partial charge in [0.15, 0.2) is 5.82 Å². The van der Waals surface area contributed by atoms with E-state index in [1.807, 2.05) is 23.1 Å². The summed E-state index contributed by atoms with van der Waals surface area (Å²) in [6, 6.07) is 6.72. The van der Waals surface area contributed by atoms with Gasteiger partial charge in [-0.25, -0.2) is 19.3 Å². The van der Waals surface area contributed by atoms with E-state index in [0.29, 0.717) is 29.8 Å². The van der Waals surface area contributed by atoms with E-state index in [9.17, 15) is 10.2 Å². The number of ether oxygens (including phenoxy) is 2. The molecule has 0 unspecified atom stereocenters. The number of hydrogen-bond donors (Lipinski definition) is 3. The lowest BCUT2D eigenvalue weighted by Crippen LogP contribution is -2.38. The first-order chi connectivity index (χ1) is 20.5. The molecule has 3 N–H and O–H groups in total. The fraction of sp³-hybridized carbons (Fsp3) is 0.400. The third kappa shape index (κ3) is 5.91. The zero-order chi connectivity index (χ0) is 29.1. The summed E-state index contributed by atoms with van der Waals surface area (Å²) in [5.74, 6) is 0.731. The molecule has 3 aromatic heterocycles. The first-order valence-corrected chi connectivity index (χ1v) is 14.2. The number of aromatic nitrogens is 5. The predicted octanol–water partition coefficient (Wildman–Crippen LogP) is 4.10. The molecular weight excluding hydrogens is 541 g/mol. The molecule has 2 aliphatic heterocycles. The Labute approximate surface area is 243 Å². The highest BCUT2D eigenvalue weighted by Gasteiger charge is 2.24. The molecule has 0 bridgehead atoms. The summed E-state index contributed by atoms with van der Waals surface area (Å²) in [5.41, 5.74) is 3.30. The minimum absolute atomic E-state index is 0.103. The van der Waals surface area contributed by atoms with Gasteiger partial charge >= 0.3 is 0 Å². The number of rotatable bonds is 8. The van der Waals surface area contributed by atoms with Gasteiger partial charge in [0.1, 0.15) is 23.2 Å². The summed E-state index contributed by atoms with van der Waals surface area (Å²) in [6.07, 6.45) is 10.4.